The van der Waals surface area contributed by atoms with Crippen LogP contribution in [0, 0.1) is 12.3 Å². The van der Waals surface area contributed by atoms with Crippen LogP contribution in [0.5, 0.6) is 0 Å². The SMILES string of the molecule is C=C(C(=O)NCc1c(C(C)C)cc(C)[nH]c1=O)C1(C)C(NCCO)CC1N(CC)C1CCOCC1. The zero-order chi connectivity index (χ0) is 25.8. The molecule has 1 amide bonds. The first-order valence-electron chi connectivity index (χ1n) is 13.0. The Hall–Kier alpha value is -2.00. The lowest BCUT2D eigenvalue weighted by Crippen LogP contribution is -2.70. The van der Waals surface area contributed by atoms with Crippen LogP contribution in [-0.4, -0.2) is 71.9 Å². The highest BCUT2D eigenvalue weighted by Gasteiger charge is 2.57. The predicted molar refractivity (Wildman–Crippen MR) is 138 cm³/mol. The summed E-state index contributed by atoms with van der Waals surface area (Å²) in [5.41, 5.74) is 2.22. The van der Waals surface area contributed by atoms with Crippen molar-refractivity contribution in [2.24, 2.45) is 5.41 Å². The summed E-state index contributed by atoms with van der Waals surface area (Å²) in [4.78, 5) is 31.5. The second-order valence-electron chi connectivity index (χ2n) is 10.5. The second kappa shape index (κ2) is 11.8. The fourth-order valence-corrected chi connectivity index (χ4v) is 5.92. The Balaban J connectivity index is 1.80. The van der Waals surface area contributed by atoms with Crippen molar-refractivity contribution in [2.75, 3.05) is 32.9 Å². The molecule has 1 aliphatic carbocycles. The number of hydrogen-bond acceptors (Lipinski definition) is 6. The highest BCUT2D eigenvalue weighted by molar-refractivity contribution is 5.94. The van der Waals surface area contributed by atoms with Gasteiger partial charge in [0, 0.05) is 66.7 Å². The van der Waals surface area contributed by atoms with Crippen molar-refractivity contribution < 1.29 is 14.6 Å². The van der Waals surface area contributed by atoms with E-state index in [1.807, 2.05) is 26.8 Å². The smallest absolute Gasteiger partial charge is 0.253 e. The minimum Gasteiger partial charge on any atom is -0.395 e. The monoisotopic (exact) mass is 488 g/mol. The zero-order valence-electron chi connectivity index (χ0n) is 22.1. The number of carbonyl (C=O) groups excluding carboxylic acids is 1. The van der Waals surface area contributed by atoms with Gasteiger partial charge in [-0.15, -0.1) is 0 Å². The first-order valence-corrected chi connectivity index (χ1v) is 13.0. The first-order chi connectivity index (χ1) is 16.6. The number of aryl methyl sites for hydroxylation is 1. The van der Waals surface area contributed by atoms with Crippen molar-refractivity contribution in [1.82, 2.24) is 20.5 Å². The molecule has 2 heterocycles. The molecular weight excluding hydrogens is 444 g/mol. The number of H-pyrrole nitrogens is 1. The molecule has 2 aliphatic rings. The van der Waals surface area contributed by atoms with E-state index in [4.69, 9.17) is 4.74 Å². The molecule has 3 unspecified atom stereocenters. The molecule has 0 aromatic carbocycles. The summed E-state index contributed by atoms with van der Waals surface area (Å²) in [6.07, 6.45) is 2.87. The Morgan fingerprint density at radius 1 is 1.37 bits per heavy atom. The molecule has 1 saturated carbocycles. The Labute approximate surface area is 209 Å². The lowest BCUT2D eigenvalue weighted by molar-refractivity contribution is -0.123. The van der Waals surface area contributed by atoms with Crippen LogP contribution in [0.25, 0.3) is 0 Å². The van der Waals surface area contributed by atoms with Crippen LogP contribution in [0.3, 0.4) is 0 Å². The predicted octanol–water partition coefficient (Wildman–Crippen LogP) is 2.21. The summed E-state index contributed by atoms with van der Waals surface area (Å²) in [7, 11) is 0. The lowest BCUT2D eigenvalue weighted by atomic mass is 9.56. The number of nitrogens with zero attached hydrogens (tertiary/aromatic N) is 1. The van der Waals surface area contributed by atoms with Gasteiger partial charge in [-0.05, 0) is 50.3 Å². The van der Waals surface area contributed by atoms with E-state index in [0.717, 1.165) is 50.3 Å². The maximum atomic E-state index is 13.4. The summed E-state index contributed by atoms with van der Waals surface area (Å²) in [6, 6.07) is 2.61. The molecule has 8 nitrogen and oxygen atoms in total. The van der Waals surface area contributed by atoms with Gasteiger partial charge in [0.1, 0.15) is 0 Å². The van der Waals surface area contributed by atoms with Gasteiger partial charge in [-0.2, -0.15) is 0 Å². The normalized spacial score (nSPS) is 25.0. The number of aliphatic hydroxyl groups is 1. The summed E-state index contributed by atoms with van der Waals surface area (Å²) in [5.74, 6) is -0.0602. The number of ether oxygens (including phenoxy) is 1. The van der Waals surface area contributed by atoms with E-state index in [2.05, 4.69) is 40.9 Å². The Morgan fingerprint density at radius 3 is 2.66 bits per heavy atom. The quantitative estimate of drug-likeness (QED) is 0.356. The largest absolute Gasteiger partial charge is 0.395 e. The molecule has 1 aromatic rings. The van der Waals surface area contributed by atoms with Gasteiger partial charge < -0.3 is 25.5 Å². The molecule has 0 spiro atoms. The van der Waals surface area contributed by atoms with Crippen LogP contribution in [0.2, 0.25) is 0 Å². The fourth-order valence-electron chi connectivity index (χ4n) is 5.92. The molecule has 35 heavy (non-hydrogen) atoms. The molecule has 3 rings (SSSR count). The van der Waals surface area contributed by atoms with E-state index in [9.17, 15) is 14.7 Å². The van der Waals surface area contributed by atoms with E-state index in [1.165, 1.54) is 0 Å². The zero-order valence-corrected chi connectivity index (χ0v) is 22.1. The van der Waals surface area contributed by atoms with Gasteiger partial charge in [0.2, 0.25) is 5.91 Å². The molecule has 3 atom stereocenters. The molecule has 2 fully saturated rings. The fraction of sp³-hybridized carbons (Fsp3) is 0.704. The highest BCUT2D eigenvalue weighted by Crippen LogP contribution is 2.50. The second-order valence-corrected chi connectivity index (χ2v) is 10.5. The van der Waals surface area contributed by atoms with E-state index < -0.39 is 5.41 Å². The third kappa shape index (κ3) is 5.71. The van der Waals surface area contributed by atoms with E-state index in [-0.39, 0.29) is 42.6 Å². The van der Waals surface area contributed by atoms with Crippen LogP contribution >= 0.6 is 0 Å². The topological polar surface area (TPSA) is 107 Å². The average molecular weight is 489 g/mol. The van der Waals surface area contributed by atoms with Crippen molar-refractivity contribution in [1.29, 1.82) is 0 Å². The number of amides is 1. The number of hydrogen-bond donors (Lipinski definition) is 4. The molecule has 1 saturated heterocycles. The van der Waals surface area contributed by atoms with Crippen molar-refractivity contribution >= 4 is 5.91 Å². The number of carbonyl (C=O) groups is 1. The van der Waals surface area contributed by atoms with Gasteiger partial charge >= 0.3 is 0 Å². The third-order valence-corrected chi connectivity index (χ3v) is 8.08. The van der Waals surface area contributed by atoms with E-state index in [1.54, 1.807) is 0 Å². The highest BCUT2D eigenvalue weighted by atomic mass is 16.5. The average Bonchev–Trinajstić information content (AvgIpc) is 2.84. The number of aliphatic hydroxyl groups excluding tert-OH is 1. The van der Waals surface area contributed by atoms with Gasteiger partial charge in [-0.1, -0.05) is 34.3 Å². The minimum absolute atomic E-state index is 0.0424. The molecule has 1 aliphatic heterocycles. The van der Waals surface area contributed by atoms with Crippen molar-refractivity contribution in [2.45, 2.75) is 84.5 Å². The molecule has 4 N–H and O–H groups in total. The number of nitrogens with one attached hydrogen (secondary N) is 3. The maximum Gasteiger partial charge on any atom is 0.253 e. The van der Waals surface area contributed by atoms with Crippen LogP contribution in [0.1, 0.15) is 69.7 Å². The molecule has 196 valence electrons. The number of aromatic amines is 1. The number of aromatic nitrogens is 1. The lowest BCUT2D eigenvalue weighted by Gasteiger charge is -2.60. The number of pyridine rings is 1. The first kappa shape index (κ1) is 27.6. The molecule has 0 bridgehead atoms. The summed E-state index contributed by atoms with van der Waals surface area (Å²) in [5, 5.41) is 15.8. The summed E-state index contributed by atoms with van der Waals surface area (Å²) >= 11 is 0. The number of rotatable bonds is 11. The Kier molecular flexibility index (Phi) is 9.32. The standard InChI is InChI=1S/C27H44N4O4/c1-7-31(20-8-12-35-13-9-20)24-15-23(28-10-11-32)27(24,6)19(5)25(33)29-16-22-21(17(2)3)14-18(4)30-26(22)34/h14,17,20,23-24,28,32H,5,7-13,15-16H2,1-4,6H3,(H,29,33)(H,30,34). The van der Waals surface area contributed by atoms with Crippen molar-refractivity contribution in [3.05, 3.63) is 45.4 Å². The van der Waals surface area contributed by atoms with Crippen molar-refractivity contribution in [3.8, 4) is 0 Å². The van der Waals surface area contributed by atoms with E-state index in [0.29, 0.717) is 23.7 Å². The third-order valence-electron chi connectivity index (χ3n) is 8.08. The molecule has 8 heteroatoms. The van der Waals surface area contributed by atoms with Gasteiger partial charge in [-0.3, -0.25) is 14.5 Å². The van der Waals surface area contributed by atoms with Gasteiger partial charge in [0.15, 0.2) is 0 Å². The van der Waals surface area contributed by atoms with Crippen molar-refractivity contribution in [3.63, 3.8) is 0 Å². The molecular formula is C27H44N4O4. The minimum atomic E-state index is -0.492. The van der Waals surface area contributed by atoms with Crippen LogP contribution in [0.4, 0.5) is 0 Å². The van der Waals surface area contributed by atoms with Crippen LogP contribution in [-0.2, 0) is 16.1 Å². The van der Waals surface area contributed by atoms with Gasteiger partial charge in [0.25, 0.3) is 5.56 Å². The van der Waals surface area contributed by atoms with Gasteiger partial charge in [-0.25, -0.2) is 0 Å². The van der Waals surface area contributed by atoms with Crippen LogP contribution < -0.4 is 16.2 Å². The Morgan fingerprint density at radius 2 is 2.06 bits per heavy atom. The van der Waals surface area contributed by atoms with E-state index >= 15 is 0 Å². The molecule has 1 aromatic heterocycles. The van der Waals surface area contributed by atoms with Gasteiger partial charge in [0.05, 0.1) is 6.61 Å². The maximum absolute atomic E-state index is 13.4. The summed E-state index contributed by atoms with van der Waals surface area (Å²) < 4.78 is 5.58. The summed E-state index contributed by atoms with van der Waals surface area (Å²) in [6.45, 7) is 17.6. The Bertz CT molecular complexity index is 953. The molecule has 0 radical (unpaired) electrons. The van der Waals surface area contributed by atoms with Crippen LogP contribution in [0.15, 0.2) is 23.0 Å².